The first-order valence-electron chi connectivity index (χ1n) is 4.98. The van der Waals surface area contributed by atoms with Gasteiger partial charge in [-0.3, -0.25) is 0 Å². The summed E-state index contributed by atoms with van der Waals surface area (Å²) in [5, 5.41) is 3.23. The predicted molar refractivity (Wildman–Crippen MR) is 70.6 cm³/mol. The van der Waals surface area contributed by atoms with Gasteiger partial charge in [0.15, 0.2) is 0 Å². The van der Waals surface area contributed by atoms with Crippen LogP contribution in [0.15, 0.2) is 36.5 Å². The van der Waals surface area contributed by atoms with Crippen molar-refractivity contribution >= 4 is 21.6 Å². The van der Waals surface area contributed by atoms with Gasteiger partial charge >= 0.3 is 0 Å². The summed E-state index contributed by atoms with van der Waals surface area (Å²) < 4.78 is 0. The summed E-state index contributed by atoms with van der Waals surface area (Å²) in [6.07, 6.45) is 9.44. The van der Waals surface area contributed by atoms with Crippen molar-refractivity contribution < 1.29 is 32.7 Å². The number of alkyl halides is 1. The van der Waals surface area contributed by atoms with E-state index in [1.165, 1.54) is 0 Å². The van der Waals surface area contributed by atoms with Gasteiger partial charge < -0.3 is 5.32 Å². The van der Waals surface area contributed by atoms with E-state index in [1.54, 1.807) is 0 Å². The van der Waals surface area contributed by atoms with Crippen molar-refractivity contribution in [3.05, 3.63) is 53.7 Å². The van der Waals surface area contributed by atoms with Gasteiger partial charge in [0.05, 0.1) is 0 Å². The van der Waals surface area contributed by atoms with Crippen LogP contribution in [0.3, 0.4) is 0 Å². The average molecular weight is 362 g/mol. The molecule has 0 spiro atoms. The number of allylic oxidation sites excluding steroid dienone is 2. The Labute approximate surface area is 136 Å². The quantitative estimate of drug-likeness (QED) is 0.460. The molecule has 0 aliphatic carbocycles. The minimum absolute atomic E-state index is 0. The van der Waals surface area contributed by atoms with Crippen molar-refractivity contribution in [3.63, 3.8) is 0 Å². The largest absolute Gasteiger partial charge is 0.393 e. The van der Waals surface area contributed by atoms with Gasteiger partial charge in [-0.2, -0.15) is 5.56 Å². The molecular formula is C14H11BrNY-. The third-order valence-corrected chi connectivity index (χ3v) is 3.34. The Morgan fingerprint density at radius 1 is 1.41 bits per heavy atom. The van der Waals surface area contributed by atoms with Crippen molar-refractivity contribution in [1.82, 2.24) is 5.32 Å². The molecule has 1 aliphatic heterocycles. The molecular weight excluding hydrogens is 351 g/mol. The molecule has 0 saturated carbocycles. The standard InChI is InChI=1S/C14H11BrN.Y/c1-3-11-4-6-12(7-5-11)14-9-8-13(15)10(2)16-14;/h1,4-7,13,16H,2,8H2;/q-1;. The Morgan fingerprint density at radius 3 is 2.59 bits per heavy atom. The van der Waals surface area contributed by atoms with Crippen LogP contribution in [0.25, 0.3) is 5.70 Å². The Kier molecular flexibility index (Phi) is 5.66. The zero-order valence-electron chi connectivity index (χ0n) is 9.33. The fourth-order valence-corrected chi connectivity index (χ4v) is 1.78. The van der Waals surface area contributed by atoms with Crippen molar-refractivity contribution in [3.8, 4) is 12.3 Å². The number of nitrogens with one attached hydrogen (secondary N) is 1. The molecule has 1 aliphatic rings. The van der Waals surface area contributed by atoms with Crippen LogP contribution in [0.2, 0.25) is 0 Å². The zero-order valence-corrected chi connectivity index (χ0v) is 13.8. The molecule has 1 aromatic rings. The number of hydrogen-bond donors (Lipinski definition) is 1. The molecule has 1 nitrogen and oxygen atoms in total. The smallest absolute Gasteiger partial charge is 0.0415 e. The third kappa shape index (κ3) is 3.55. The van der Waals surface area contributed by atoms with Crippen molar-refractivity contribution in [2.75, 3.05) is 0 Å². The Hall–Kier alpha value is -0.356. The molecule has 0 bridgehead atoms. The summed E-state index contributed by atoms with van der Waals surface area (Å²) in [6.45, 7) is 3.95. The Morgan fingerprint density at radius 2 is 2.06 bits per heavy atom. The molecule has 1 unspecified atom stereocenters. The van der Waals surface area contributed by atoms with Crippen LogP contribution in [0.1, 0.15) is 17.5 Å². The van der Waals surface area contributed by atoms with E-state index in [9.17, 15) is 0 Å². The number of terminal acetylenes is 1. The second kappa shape index (κ2) is 6.54. The maximum atomic E-state index is 5.31. The van der Waals surface area contributed by atoms with Crippen LogP contribution in [0.4, 0.5) is 0 Å². The number of halogens is 1. The van der Waals surface area contributed by atoms with E-state index in [1.807, 2.05) is 24.3 Å². The molecule has 0 amide bonds. The zero-order chi connectivity index (χ0) is 11.5. The number of rotatable bonds is 1. The van der Waals surface area contributed by atoms with E-state index in [2.05, 4.69) is 39.8 Å². The molecule has 3 heteroatoms. The second-order valence-corrected chi connectivity index (χ2v) is 4.70. The van der Waals surface area contributed by atoms with E-state index in [4.69, 9.17) is 6.42 Å². The monoisotopic (exact) mass is 361 g/mol. The molecule has 0 fully saturated rings. The van der Waals surface area contributed by atoms with Gasteiger partial charge in [-0.25, -0.2) is 6.08 Å². The fourth-order valence-electron chi connectivity index (χ4n) is 1.51. The summed E-state index contributed by atoms with van der Waals surface area (Å²) in [5.74, 6) is 2.60. The molecule has 1 aromatic carbocycles. The molecule has 1 atom stereocenters. The Balaban J connectivity index is 0.00000144. The first-order valence-corrected chi connectivity index (χ1v) is 5.90. The topological polar surface area (TPSA) is 12.0 Å². The van der Waals surface area contributed by atoms with Gasteiger partial charge in [0.2, 0.25) is 0 Å². The van der Waals surface area contributed by atoms with Crippen LogP contribution in [0.5, 0.6) is 0 Å². The van der Waals surface area contributed by atoms with E-state index < -0.39 is 0 Å². The van der Waals surface area contributed by atoms with E-state index in [0.717, 1.165) is 28.9 Å². The van der Waals surface area contributed by atoms with Gasteiger partial charge in [0.1, 0.15) is 0 Å². The third-order valence-electron chi connectivity index (χ3n) is 2.46. The SMILES string of the molecule is C#Cc1ccc(C2=[C-]CC(Br)C(=C)N2)cc1.[Y]. The molecule has 17 heavy (non-hydrogen) atoms. The van der Waals surface area contributed by atoms with E-state index in [0.29, 0.717) is 0 Å². The van der Waals surface area contributed by atoms with Crippen molar-refractivity contribution in [2.45, 2.75) is 11.2 Å². The summed E-state index contributed by atoms with van der Waals surface area (Å²) in [6, 6.07) is 7.84. The molecule has 0 aromatic heterocycles. The van der Waals surface area contributed by atoms with Gasteiger partial charge in [-0.05, 0) is 0 Å². The normalized spacial score (nSPS) is 18.5. The summed E-state index contributed by atoms with van der Waals surface area (Å²) >= 11 is 3.51. The maximum Gasteiger partial charge on any atom is 0.0415 e. The van der Waals surface area contributed by atoms with Gasteiger partial charge in [-0.15, -0.1) is 24.3 Å². The minimum atomic E-state index is 0. The van der Waals surface area contributed by atoms with Crippen LogP contribution in [-0.4, -0.2) is 4.83 Å². The van der Waals surface area contributed by atoms with Gasteiger partial charge in [-0.1, -0.05) is 47.0 Å². The van der Waals surface area contributed by atoms with Crippen molar-refractivity contribution in [2.24, 2.45) is 0 Å². The first-order chi connectivity index (χ1) is 7.70. The summed E-state index contributed by atoms with van der Waals surface area (Å²) in [5.41, 5.74) is 3.91. The summed E-state index contributed by atoms with van der Waals surface area (Å²) in [4.78, 5) is 0.265. The maximum absolute atomic E-state index is 5.31. The molecule has 1 heterocycles. The van der Waals surface area contributed by atoms with Gasteiger partial charge in [0, 0.05) is 48.8 Å². The van der Waals surface area contributed by atoms with E-state index in [-0.39, 0.29) is 37.5 Å². The molecule has 1 radical (unpaired) electrons. The van der Waals surface area contributed by atoms with Gasteiger partial charge in [0.25, 0.3) is 0 Å². The summed E-state index contributed by atoms with van der Waals surface area (Å²) in [7, 11) is 0. The predicted octanol–water partition coefficient (Wildman–Crippen LogP) is 3.08. The first kappa shape index (κ1) is 14.7. The average Bonchev–Trinajstić information content (AvgIpc) is 2.33. The minimum Gasteiger partial charge on any atom is -0.393 e. The molecule has 1 N–H and O–H groups in total. The van der Waals surface area contributed by atoms with Crippen LogP contribution < -0.4 is 5.32 Å². The molecule has 2 rings (SSSR count). The van der Waals surface area contributed by atoms with Crippen LogP contribution in [-0.2, 0) is 32.7 Å². The number of benzene rings is 1. The Bertz CT molecular complexity index is 482. The number of hydrogen-bond acceptors (Lipinski definition) is 1. The van der Waals surface area contributed by atoms with E-state index >= 15 is 0 Å². The van der Waals surface area contributed by atoms with Crippen LogP contribution in [0, 0.1) is 18.4 Å². The molecule has 83 valence electrons. The fraction of sp³-hybridized carbons (Fsp3) is 0.143. The second-order valence-electron chi connectivity index (χ2n) is 3.60. The van der Waals surface area contributed by atoms with Crippen LogP contribution >= 0.6 is 15.9 Å². The van der Waals surface area contributed by atoms with Crippen molar-refractivity contribution in [1.29, 1.82) is 0 Å². The molecule has 0 saturated heterocycles.